The van der Waals surface area contributed by atoms with Crippen molar-refractivity contribution in [3.63, 3.8) is 0 Å². The molecule has 0 aromatic carbocycles. The first-order chi connectivity index (χ1) is 8.17. The molecule has 1 aliphatic heterocycles. The number of likely N-dealkylation sites (tertiary alicyclic amines) is 1. The summed E-state index contributed by atoms with van der Waals surface area (Å²) in [5.74, 6) is 2.90. The first-order valence-electron chi connectivity index (χ1n) is 6.41. The molecule has 1 atom stereocenters. The van der Waals surface area contributed by atoms with Crippen LogP contribution in [0.3, 0.4) is 0 Å². The van der Waals surface area contributed by atoms with Crippen molar-refractivity contribution in [2.45, 2.75) is 39.8 Å². The Morgan fingerprint density at radius 1 is 1.53 bits per heavy atom. The van der Waals surface area contributed by atoms with Gasteiger partial charge in [-0.1, -0.05) is 19.0 Å². The van der Waals surface area contributed by atoms with Crippen molar-refractivity contribution in [3.8, 4) is 0 Å². The Morgan fingerprint density at radius 3 is 3.00 bits per heavy atom. The Bertz CT molecular complexity index is 350. The third-order valence-corrected chi connectivity index (χ3v) is 3.22. The fraction of sp³-hybridized carbons (Fsp3) is 0.833. The van der Waals surface area contributed by atoms with Crippen LogP contribution in [0.4, 0.5) is 0 Å². The minimum Gasteiger partial charge on any atom is -0.338 e. The van der Waals surface area contributed by atoms with E-state index in [0.29, 0.717) is 12.4 Å². The quantitative estimate of drug-likeness (QED) is 0.839. The standard InChI is InChI=1S/C12H22N4O/c1-9(2)5-10-3-4-16(7-10)8-11-14-12(6-13)17-15-11/h9-10H,3-8,13H2,1-2H3. The fourth-order valence-electron chi connectivity index (χ4n) is 2.55. The molecule has 96 valence electrons. The summed E-state index contributed by atoms with van der Waals surface area (Å²) in [7, 11) is 0. The van der Waals surface area contributed by atoms with E-state index in [9.17, 15) is 0 Å². The largest absolute Gasteiger partial charge is 0.338 e. The van der Waals surface area contributed by atoms with Gasteiger partial charge in [-0.2, -0.15) is 4.98 Å². The van der Waals surface area contributed by atoms with Crippen LogP contribution < -0.4 is 5.73 Å². The van der Waals surface area contributed by atoms with Gasteiger partial charge < -0.3 is 10.3 Å². The van der Waals surface area contributed by atoms with Crippen molar-refractivity contribution in [1.82, 2.24) is 15.0 Å². The van der Waals surface area contributed by atoms with Crippen molar-refractivity contribution < 1.29 is 4.52 Å². The van der Waals surface area contributed by atoms with Gasteiger partial charge in [-0.25, -0.2) is 0 Å². The summed E-state index contributed by atoms with van der Waals surface area (Å²) < 4.78 is 5.00. The molecule has 0 aliphatic carbocycles. The second-order valence-corrected chi connectivity index (χ2v) is 5.33. The molecule has 0 amide bonds. The lowest BCUT2D eigenvalue weighted by Gasteiger charge is -2.14. The van der Waals surface area contributed by atoms with Crippen molar-refractivity contribution >= 4 is 0 Å². The SMILES string of the molecule is CC(C)CC1CCN(Cc2noc(CN)n2)C1. The molecule has 1 saturated heterocycles. The number of hydrogen-bond acceptors (Lipinski definition) is 5. The first-order valence-corrected chi connectivity index (χ1v) is 6.41. The van der Waals surface area contributed by atoms with E-state index in [1.165, 1.54) is 12.8 Å². The number of nitrogens with zero attached hydrogens (tertiary/aromatic N) is 3. The van der Waals surface area contributed by atoms with Gasteiger partial charge >= 0.3 is 0 Å². The Balaban J connectivity index is 1.81. The van der Waals surface area contributed by atoms with Crippen molar-refractivity contribution in [3.05, 3.63) is 11.7 Å². The Hall–Kier alpha value is -0.940. The molecule has 2 heterocycles. The van der Waals surface area contributed by atoms with Crippen LogP contribution >= 0.6 is 0 Å². The summed E-state index contributed by atoms with van der Waals surface area (Å²) in [4.78, 5) is 6.63. The average Bonchev–Trinajstić information content (AvgIpc) is 2.88. The summed E-state index contributed by atoms with van der Waals surface area (Å²) in [6.07, 6.45) is 2.61. The predicted octanol–water partition coefficient (Wildman–Crippen LogP) is 1.40. The maximum atomic E-state index is 5.44. The van der Waals surface area contributed by atoms with E-state index < -0.39 is 0 Å². The van der Waals surface area contributed by atoms with Gasteiger partial charge in [0.15, 0.2) is 5.82 Å². The highest BCUT2D eigenvalue weighted by Gasteiger charge is 2.24. The summed E-state index contributed by atoms with van der Waals surface area (Å²) in [5, 5.41) is 3.93. The molecule has 5 heteroatoms. The molecular formula is C12H22N4O. The topological polar surface area (TPSA) is 68.2 Å². The van der Waals surface area contributed by atoms with Crippen LogP contribution in [0.25, 0.3) is 0 Å². The molecule has 1 unspecified atom stereocenters. The van der Waals surface area contributed by atoms with Gasteiger partial charge in [-0.15, -0.1) is 0 Å². The minimum atomic E-state index is 0.322. The zero-order valence-corrected chi connectivity index (χ0v) is 10.7. The average molecular weight is 238 g/mol. The Morgan fingerprint density at radius 2 is 2.35 bits per heavy atom. The normalized spacial score (nSPS) is 21.5. The minimum absolute atomic E-state index is 0.322. The number of nitrogens with two attached hydrogens (primary N) is 1. The summed E-state index contributed by atoms with van der Waals surface area (Å²) in [6, 6.07) is 0. The van der Waals surface area contributed by atoms with Crippen molar-refractivity contribution in [2.75, 3.05) is 13.1 Å². The van der Waals surface area contributed by atoms with E-state index in [2.05, 4.69) is 28.9 Å². The smallest absolute Gasteiger partial charge is 0.240 e. The van der Waals surface area contributed by atoms with Gasteiger partial charge in [0.25, 0.3) is 0 Å². The summed E-state index contributed by atoms with van der Waals surface area (Å²) in [6.45, 7) is 7.99. The lowest BCUT2D eigenvalue weighted by molar-refractivity contribution is 0.290. The zero-order valence-electron chi connectivity index (χ0n) is 10.7. The Kier molecular flexibility index (Phi) is 4.12. The van der Waals surface area contributed by atoms with Crippen LogP contribution in [0, 0.1) is 11.8 Å². The molecule has 2 rings (SSSR count). The molecule has 5 nitrogen and oxygen atoms in total. The second kappa shape index (κ2) is 5.60. The van der Waals surface area contributed by atoms with Gasteiger partial charge in [0.2, 0.25) is 5.89 Å². The van der Waals surface area contributed by atoms with Crippen molar-refractivity contribution in [2.24, 2.45) is 17.6 Å². The fourth-order valence-corrected chi connectivity index (χ4v) is 2.55. The maximum absolute atomic E-state index is 5.44. The van der Waals surface area contributed by atoms with E-state index in [0.717, 1.165) is 37.3 Å². The predicted molar refractivity (Wildman–Crippen MR) is 65.0 cm³/mol. The Labute approximate surface area is 102 Å². The van der Waals surface area contributed by atoms with Crippen LogP contribution in [-0.2, 0) is 13.1 Å². The second-order valence-electron chi connectivity index (χ2n) is 5.33. The molecule has 1 aromatic heterocycles. The molecule has 0 saturated carbocycles. The number of rotatable bonds is 5. The summed E-state index contributed by atoms with van der Waals surface area (Å²) in [5.41, 5.74) is 5.44. The number of aromatic nitrogens is 2. The third kappa shape index (κ3) is 3.51. The molecule has 17 heavy (non-hydrogen) atoms. The van der Waals surface area contributed by atoms with Gasteiger partial charge in [0.05, 0.1) is 13.1 Å². The lowest BCUT2D eigenvalue weighted by atomic mass is 9.97. The molecule has 0 spiro atoms. The van der Waals surface area contributed by atoms with E-state index in [-0.39, 0.29) is 0 Å². The molecule has 2 N–H and O–H groups in total. The lowest BCUT2D eigenvalue weighted by Crippen LogP contribution is -2.21. The molecule has 1 aromatic rings. The van der Waals surface area contributed by atoms with Gasteiger partial charge in [-0.3, -0.25) is 4.90 Å². The van der Waals surface area contributed by atoms with Crippen LogP contribution in [0.15, 0.2) is 4.52 Å². The van der Waals surface area contributed by atoms with Crippen LogP contribution in [0.2, 0.25) is 0 Å². The van der Waals surface area contributed by atoms with Gasteiger partial charge in [-0.05, 0) is 31.2 Å². The number of hydrogen-bond donors (Lipinski definition) is 1. The highest BCUT2D eigenvalue weighted by Crippen LogP contribution is 2.23. The molecule has 0 radical (unpaired) electrons. The van der Waals surface area contributed by atoms with E-state index in [1.54, 1.807) is 0 Å². The zero-order chi connectivity index (χ0) is 12.3. The summed E-state index contributed by atoms with van der Waals surface area (Å²) >= 11 is 0. The molecule has 0 bridgehead atoms. The molecule has 1 aliphatic rings. The molecular weight excluding hydrogens is 216 g/mol. The van der Waals surface area contributed by atoms with Crippen molar-refractivity contribution in [1.29, 1.82) is 0 Å². The van der Waals surface area contributed by atoms with Crippen LogP contribution in [-0.4, -0.2) is 28.1 Å². The first kappa shape index (κ1) is 12.5. The van der Waals surface area contributed by atoms with E-state index in [1.807, 2.05) is 0 Å². The van der Waals surface area contributed by atoms with E-state index >= 15 is 0 Å². The highest BCUT2D eigenvalue weighted by molar-refractivity contribution is 4.88. The monoisotopic (exact) mass is 238 g/mol. The van der Waals surface area contributed by atoms with Gasteiger partial charge in [0.1, 0.15) is 0 Å². The van der Waals surface area contributed by atoms with Gasteiger partial charge in [0, 0.05) is 6.54 Å². The van der Waals surface area contributed by atoms with Crippen LogP contribution in [0.1, 0.15) is 38.4 Å². The third-order valence-electron chi connectivity index (χ3n) is 3.22. The highest BCUT2D eigenvalue weighted by atomic mass is 16.5. The maximum Gasteiger partial charge on any atom is 0.240 e. The van der Waals surface area contributed by atoms with Crippen LogP contribution in [0.5, 0.6) is 0 Å². The molecule has 1 fully saturated rings. The van der Waals surface area contributed by atoms with E-state index in [4.69, 9.17) is 10.3 Å².